The summed E-state index contributed by atoms with van der Waals surface area (Å²) in [6.45, 7) is 17.2. The molecule has 0 aliphatic carbocycles. The van der Waals surface area contributed by atoms with Crippen LogP contribution in [-0.2, 0) is 9.16 Å². The van der Waals surface area contributed by atoms with Crippen LogP contribution in [0.4, 0.5) is 0 Å². The van der Waals surface area contributed by atoms with Gasteiger partial charge in [0.2, 0.25) is 0 Å². The maximum atomic E-state index is 6.23. The van der Waals surface area contributed by atoms with E-state index >= 15 is 0 Å². The van der Waals surface area contributed by atoms with Crippen LogP contribution in [0.2, 0.25) is 18.1 Å². The molecule has 2 nitrogen and oxygen atoms in total. The summed E-state index contributed by atoms with van der Waals surface area (Å²) >= 11 is 0. The third kappa shape index (κ3) is 5.07. The van der Waals surface area contributed by atoms with Gasteiger partial charge in [0, 0.05) is 0 Å². The zero-order valence-electron chi connectivity index (χ0n) is 12.0. The molecule has 0 amide bonds. The van der Waals surface area contributed by atoms with E-state index in [2.05, 4.69) is 46.4 Å². The van der Waals surface area contributed by atoms with Gasteiger partial charge in [0.05, 0.1) is 6.10 Å². The van der Waals surface area contributed by atoms with Gasteiger partial charge in [-0.05, 0) is 25.1 Å². The van der Waals surface area contributed by atoms with Gasteiger partial charge in [-0.25, -0.2) is 0 Å². The largest absolute Gasteiger partial charge is 0.411 e. The molecule has 3 heteroatoms. The average molecular weight is 254 g/mol. The fourth-order valence-corrected chi connectivity index (χ4v) is 2.67. The van der Waals surface area contributed by atoms with Crippen LogP contribution in [0, 0.1) is 12.3 Å². The lowest BCUT2D eigenvalue weighted by molar-refractivity contribution is 0.0198. The minimum atomic E-state index is -1.77. The molecule has 0 N–H and O–H groups in total. The van der Waals surface area contributed by atoms with Gasteiger partial charge in [0.25, 0.3) is 0 Å². The Balaban J connectivity index is 4.56. The van der Waals surface area contributed by atoms with Gasteiger partial charge in [-0.3, -0.25) is 0 Å². The fourth-order valence-electron chi connectivity index (χ4n) is 1.25. The predicted octanol–water partition coefficient (Wildman–Crippen LogP) is 3.60. The Morgan fingerprint density at radius 1 is 1.41 bits per heavy atom. The molecule has 98 valence electrons. The van der Waals surface area contributed by atoms with Crippen LogP contribution >= 0.6 is 0 Å². The van der Waals surface area contributed by atoms with Crippen molar-refractivity contribution in [2.24, 2.45) is 0 Å². The highest BCUT2D eigenvalue weighted by atomic mass is 28.4. The summed E-state index contributed by atoms with van der Waals surface area (Å²) in [4.78, 5) is 0. The maximum Gasteiger partial charge on any atom is 0.192 e. The summed E-state index contributed by atoms with van der Waals surface area (Å²) in [6, 6.07) is 0. The second-order valence-electron chi connectivity index (χ2n) is 5.80. The molecule has 0 aliphatic rings. The van der Waals surface area contributed by atoms with E-state index in [-0.39, 0.29) is 17.2 Å². The van der Waals surface area contributed by atoms with Crippen LogP contribution in [0.15, 0.2) is 12.7 Å². The van der Waals surface area contributed by atoms with Crippen LogP contribution in [-0.4, -0.2) is 27.1 Å². The number of hydrogen-bond donors (Lipinski definition) is 0. The molecule has 0 saturated carbocycles. The topological polar surface area (TPSA) is 18.5 Å². The molecule has 0 aromatic rings. The highest BCUT2D eigenvalue weighted by molar-refractivity contribution is 6.74. The van der Waals surface area contributed by atoms with Crippen LogP contribution < -0.4 is 0 Å². The van der Waals surface area contributed by atoms with E-state index in [0.717, 1.165) is 0 Å². The first kappa shape index (κ1) is 16.4. The Morgan fingerprint density at radius 2 is 1.94 bits per heavy atom. The first-order valence-corrected chi connectivity index (χ1v) is 8.92. The molecule has 0 bridgehead atoms. The van der Waals surface area contributed by atoms with Crippen LogP contribution in [0.25, 0.3) is 0 Å². The lowest BCUT2D eigenvalue weighted by Crippen LogP contribution is -2.46. The van der Waals surface area contributed by atoms with Gasteiger partial charge in [0.1, 0.15) is 12.7 Å². The molecule has 0 aromatic carbocycles. The van der Waals surface area contributed by atoms with Crippen molar-refractivity contribution in [3.05, 3.63) is 12.7 Å². The molecule has 0 radical (unpaired) electrons. The molecule has 0 saturated heterocycles. The van der Waals surface area contributed by atoms with Gasteiger partial charge in [0.15, 0.2) is 8.32 Å². The summed E-state index contributed by atoms with van der Waals surface area (Å²) < 4.78 is 11.7. The zero-order valence-corrected chi connectivity index (χ0v) is 13.0. The van der Waals surface area contributed by atoms with E-state index in [4.69, 9.17) is 15.6 Å². The smallest absolute Gasteiger partial charge is 0.192 e. The zero-order chi connectivity index (χ0) is 13.7. The summed E-state index contributed by atoms with van der Waals surface area (Å²) in [5.41, 5.74) is 0. The average Bonchev–Trinajstić information content (AvgIpc) is 2.16. The SMILES string of the molecule is C#CCO[C@H](C=C)[C@H](C)O[Si](C)(C)C(C)(C)C. The fraction of sp³-hybridized carbons (Fsp3) is 0.714. The standard InChI is InChI=1S/C14H26O2Si/c1-9-11-15-13(10-2)12(3)16-17(7,8)14(4,5)6/h1,10,12-13H,2,11H2,3-8H3/t12-,13+/m0/s1. The van der Waals surface area contributed by atoms with Gasteiger partial charge in [-0.15, -0.1) is 13.0 Å². The molecule has 0 aromatic heterocycles. The Bertz CT molecular complexity index is 284. The second kappa shape index (κ2) is 6.39. The molecule has 0 rings (SSSR count). The van der Waals surface area contributed by atoms with Crippen molar-refractivity contribution >= 4 is 8.32 Å². The number of hydrogen-bond acceptors (Lipinski definition) is 2. The van der Waals surface area contributed by atoms with Crippen molar-refractivity contribution < 1.29 is 9.16 Å². The quantitative estimate of drug-likeness (QED) is 0.409. The van der Waals surface area contributed by atoms with Crippen LogP contribution in [0.3, 0.4) is 0 Å². The van der Waals surface area contributed by atoms with E-state index in [0.29, 0.717) is 6.61 Å². The minimum absolute atomic E-state index is 0.0123. The molecule has 2 atom stereocenters. The third-order valence-electron chi connectivity index (χ3n) is 3.34. The third-order valence-corrected chi connectivity index (χ3v) is 7.91. The summed E-state index contributed by atoms with van der Waals surface area (Å²) in [7, 11) is -1.77. The van der Waals surface area contributed by atoms with E-state index in [1.807, 2.05) is 6.92 Å². The van der Waals surface area contributed by atoms with Crippen molar-refractivity contribution in [1.29, 1.82) is 0 Å². The van der Waals surface area contributed by atoms with E-state index in [1.165, 1.54) is 0 Å². The summed E-state index contributed by atoms with van der Waals surface area (Å²) in [6.07, 6.45) is 6.79. The Kier molecular flexibility index (Phi) is 6.18. The van der Waals surface area contributed by atoms with Crippen molar-refractivity contribution in [2.45, 2.75) is 58.0 Å². The molecule has 0 unspecified atom stereocenters. The maximum absolute atomic E-state index is 6.23. The Morgan fingerprint density at radius 3 is 2.29 bits per heavy atom. The minimum Gasteiger partial charge on any atom is -0.411 e. The highest BCUT2D eigenvalue weighted by Crippen LogP contribution is 2.37. The van der Waals surface area contributed by atoms with Crippen molar-refractivity contribution in [1.82, 2.24) is 0 Å². The Labute approximate surface area is 108 Å². The first-order valence-electron chi connectivity index (χ1n) is 6.01. The number of ether oxygens (including phenoxy) is 1. The van der Waals surface area contributed by atoms with Crippen molar-refractivity contribution in [2.75, 3.05) is 6.61 Å². The van der Waals surface area contributed by atoms with Crippen LogP contribution in [0.5, 0.6) is 0 Å². The highest BCUT2D eigenvalue weighted by Gasteiger charge is 2.39. The summed E-state index contributed by atoms with van der Waals surface area (Å²) in [5.74, 6) is 2.47. The predicted molar refractivity (Wildman–Crippen MR) is 76.5 cm³/mol. The van der Waals surface area contributed by atoms with Crippen LogP contribution in [0.1, 0.15) is 27.7 Å². The molecular formula is C14H26O2Si. The number of terminal acetylenes is 1. The number of rotatable bonds is 6. The Hall–Kier alpha value is -0.563. The normalized spacial score (nSPS) is 16.1. The van der Waals surface area contributed by atoms with Gasteiger partial charge < -0.3 is 9.16 Å². The van der Waals surface area contributed by atoms with Gasteiger partial charge in [-0.1, -0.05) is 32.8 Å². The van der Waals surface area contributed by atoms with E-state index < -0.39 is 8.32 Å². The molecule has 17 heavy (non-hydrogen) atoms. The molecule has 0 heterocycles. The van der Waals surface area contributed by atoms with E-state index in [9.17, 15) is 0 Å². The molecular weight excluding hydrogens is 228 g/mol. The summed E-state index contributed by atoms with van der Waals surface area (Å²) in [5, 5.41) is 0.194. The van der Waals surface area contributed by atoms with Gasteiger partial charge in [-0.2, -0.15) is 0 Å². The first-order chi connectivity index (χ1) is 7.65. The van der Waals surface area contributed by atoms with Gasteiger partial charge >= 0.3 is 0 Å². The molecule has 0 spiro atoms. The second-order valence-corrected chi connectivity index (χ2v) is 10.6. The molecule has 0 aliphatic heterocycles. The van der Waals surface area contributed by atoms with E-state index in [1.54, 1.807) is 6.08 Å². The molecule has 0 fully saturated rings. The monoisotopic (exact) mass is 254 g/mol. The lowest BCUT2D eigenvalue weighted by atomic mass is 10.2. The van der Waals surface area contributed by atoms with Crippen molar-refractivity contribution in [3.8, 4) is 12.3 Å². The lowest BCUT2D eigenvalue weighted by Gasteiger charge is -2.39. The van der Waals surface area contributed by atoms with Crippen molar-refractivity contribution in [3.63, 3.8) is 0 Å².